The first-order valence-corrected chi connectivity index (χ1v) is 4.19. The van der Waals surface area contributed by atoms with Crippen LogP contribution in [0, 0.1) is 0 Å². The molecule has 6 heteroatoms. The zero-order valence-corrected chi connectivity index (χ0v) is 7.73. The van der Waals surface area contributed by atoms with Crippen molar-refractivity contribution in [3.05, 3.63) is 0 Å². The Labute approximate surface area is 77.1 Å². The van der Waals surface area contributed by atoms with Crippen molar-refractivity contribution in [2.75, 3.05) is 26.2 Å². The Bertz CT molecular complexity index is 219. The van der Waals surface area contributed by atoms with E-state index in [9.17, 15) is 4.79 Å². The molecule has 0 saturated carbocycles. The van der Waals surface area contributed by atoms with Crippen LogP contribution >= 0.6 is 0 Å². The Hall–Kier alpha value is -1.46. The van der Waals surface area contributed by atoms with E-state index in [1.807, 2.05) is 4.90 Å². The van der Waals surface area contributed by atoms with Crippen LogP contribution in [0.25, 0.3) is 0 Å². The molecule has 1 heterocycles. The van der Waals surface area contributed by atoms with Gasteiger partial charge in [-0.3, -0.25) is 4.79 Å². The van der Waals surface area contributed by atoms with Crippen molar-refractivity contribution in [2.45, 2.75) is 6.92 Å². The van der Waals surface area contributed by atoms with Gasteiger partial charge in [-0.05, 0) is 0 Å². The van der Waals surface area contributed by atoms with Gasteiger partial charge in [0.05, 0.1) is 0 Å². The van der Waals surface area contributed by atoms with E-state index in [1.165, 1.54) is 0 Å². The molecule has 0 aromatic rings. The van der Waals surface area contributed by atoms with Gasteiger partial charge in [0.15, 0.2) is 0 Å². The van der Waals surface area contributed by atoms with Crippen LogP contribution in [0.3, 0.4) is 0 Å². The molecule has 0 aromatic carbocycles. The van der Waals surface area contributed by atoms with Crippen molar-refractivity contribution in [3.8, 4) is 0 Å². The van der Waals surface area contributed by atoms with Gasteiger partial charge in [0.2, 0.25) is 11.9 Å². The van der Waals surface area contributed by atoms with Crippen molar-refractivity contribution in [1.82, 2.24) is 9.80 Å². The molecule has 0 unspecified atom stereocenters. The van der Waals surface area contributed by atoms with Crippen molar-refractivity contribution in [2.24, 2.45) is 16.7 Å². The third-order valence-corrected chi connectivity index (χ3v) is 2.18. The van der Waals surface area contributed by atoms with Crippen molar-refractivity contribution in [3.63, 3.8) is 0 Å². The van der Waals surface area contributed by atoms with E-state index in [2.05, 4.69) is 5.10 Å². The van der Waals surface area contributed by atoms with Gasteiger partial charge in [-0.1, -0.05) is 0 Å². The average molecular weight is 185 g/mol. The van der Waals surface area contributed by atoms with Gasteiger partial charge in [0, 0.05) is 33.1 Å². The highest BCUT2D eigenvalue weighted by atomic mass is 16.2. The number of guanidine groups is 1. The van der Waals surface area contributed by atoms with Gasteiger partial charge < -0.3 is 21.4 Å². The molecule has 6 nitrogen and oxygen atoms in total. The quantitative estimate of drug-likeness (QED) is 0.204. The Balaban J connectivity index is 2.43. The minimum absolute atomic E-state index is 0.0999. The van der Waals surface area contributed by atoms with Gasteiger partial charge in [-0.2, -0.15) is 0 Å². The molecule has 1 fully saturated rings. The molecule has 1 aliphatic heterocycles. The van der Waals surface area contributed by atoms with Crippen LogP contribution in [0.4, 0.5) is 0 Å². The highest BCUT2D eigenvalue weighted by Gasteiger charge is 2.19. The zero-order chi connectivity index (χ0) is 9.84. The lowest BCUT2D eigenvalue weighted by molar-refractivity contribution is -0.130. The topological polar surface area (TPSA) is 88.0 Å². The molecule has 0 aromatic heterocycles. The molecule has 1 rings (SSSR count). The number of rotatable bonds is 0. The lowest BCUT2D eigenvalue weighted by Crippen LogP contribution is -2.52. The summed E-state index contributed by atoms with van der Waals surface area (Å²) in [5.41, 5.74) is 5.52. The highest BCUT2D eigenvalue weighted by Crippen LogP contribution is 2.00. The van der Waals surface area contributed by atoms with Crippen LogP contribution < -0.4 is 11.6 Å². The van der Waals surface area contributed by atoms with E-state index >= 15 is 0 Å². The van der Waals surface area contributed by atoms with E-state index in [4.69, 9.17) is 11.6 Å². The molecule has 0 bridgehead atoms. The number of hydrogen-bond donors (Lipinski definition) is 2. The van der Waals surface area contributed by atoms with Crippen molar-refractivity contribution in [1.29, 1.82) is 0 Å². The molecular weight excluding hydrogens is 170 g/mol. The molecule has 74 valence electrons. The fourth-order valence-electron chi connectivity index (χ4n) is 1.33. The van der Waals surface area contributed by atoms with Gasteiger partial charge in [-0.25, -0.2) is 0 Å². The predicted molar refractivity (Wildman–Crippen MR) is 49.6 cm³/mol. The molecule has 13 heavy (non-hydrogen) atoms. The second-order valence-electron chi connectivity index (χ2n) is 2.98. The molecule has 0 aliphatic carbocycles. The zero-order valence-electron chi connectivity index (χ0n) is 7.73. The number of hydrogen-bond acceptors (Lipinski definition) is 3. The summed E-state index contributed by atoms with van der Waals surface area (Å²) in [6.45, 7) is 4.34. The molecule has 1 saturated heterocycles. The lowest BCUT2D eigenvalue weighted by atomic mass is 10.3. The van der Waals surface area contributed by atoms with Crippen LogP contribution in [0.2, 0.25) is 0 Å². The number of carbonyl (C=O) groups excluding carboxylic acids is 1. The monoisotopic (exact) mass is 185 g/mol. The molecule has 0 spiro atoms. The normalized spacial score (nSPS) is 19.0. The van der Waals surface area contributed by atoms with Crippen LogP contribution in [-0.4, -0.2) is 47.8 Å². The maximum atomic E-state index is 11.0. The van der Waals surface area contributed by atoms with Crippen molar-refractivity contribution < 1.29 is 4.79 Å². The molecule has 0 radical (unpaired) electrons. The molecule has 0 atom stereocenters. The summed E-state index contributed by atoms with van der Waals surface area (Å²) in [5, 5.41) is 3.40. The maximum Gasteiger partial charge on any atom is 0.219 e. The molecule has 1 aliphatic rings. The average Bonchev–Trinajstić information content (AvgIpc) is 2.17. The highest BCUT2D eigenvalue weighted by molar-refractivity contribution is 5.78. The standard InChI is InChI=1S/C7H15N5O/c1-6(13)11-2-4-12(5-3-11)7(8)10-9/h2-5,9H2,1H3,(H2,8,10). The van der Waals surface area contributed by atoms with Crippen LogP contribution in [0.5, 0.6) is 0 Å². The number of hydrazone groups is 1. The molecular formula is C7H15N5O. The summed E-state index contributed by atoms with van der Waals surface area (Å²) >= 11 is 0. The lowest BCUT2D eigenvalue weighted by Gasteiger charge is -2.34. The summed E-state index contributed by atoms with van der Waals surface area (Å²) in [6, 6.07) is 0. The molecule has 1 amide bonds. The first kappa shape index (κ1) is 9.63. The predicted octanol–water partition coefficient (Wildman–Crippen LogP) is -1.66. The van der Waals surface area contributed by atoms with Crippen molar-refractivity contribution >= 4 is 11.9 Å². The third kappa shape index (κ3) is 2.24. The minimum Gasteiger partial charge on any atom is -0.368 e. The van der Waals surface area contributed by atoms with Gasteiger partial charge in [0.25, 0.3) is 0 Å². The smallest absolute Gasteiger partial charge is 0.219 e. The number of nitrogens with two attached hydrogens (primary N) is 2. The molecule has 4 N–H and O–H groups in total. The third-order valence-electron chi connectivity index (χ3n) is 2.18. The van der Waals surface area contributed by atoms with Gasteiger partial charge in [0.1, 0.15) is 0 Å². The first-order chi connectivity index (χ1) is 6.15. The fraction of sp³-hybridized carbons (Fsp3) is 0.714. The van der Waals surface area contributed by atoms with E-state index in [0.29, 0.717) is 32.1 Å². The van der Waals surface area contributed by atoms with E-state index in [1.54, 1.807) is 11.8 Å². The van der Waals surface area contributed by atoms with E-state index in [0.717, 1.165) is 0 Å². The number of nitrogens with zero attached hydrogens (tertiary/aromatic N) is 3. The minimum atomic E-state index is 0.0999. The number of piperazine rings is 1. The summed E-state index contributed by atoms with van der Waals surface area (Å²) in [7, 11) is 0. The Morgan fingerprint density at radius 3 is 2.08 bits per heavy atom. The summed E-state index contributed by atoms with van der Waals surface area (Å²) in [4.78, 5) is 14.6. The van der Waals surface area contributed by atoms with E-state index < -0.39 is 0 Å². The Morgan fingerprint density at radius 2 is 1.69 bits per heavy atom. The van der Waals surface area contributed by atoms with Gasteiger partial charge in [-0.15, -0.1) is 5.10 Å². The largest absolute Gasteiger partial charge is 0.368 e. The van der Waals surface area contributed by atoms with Gasteiger partial charge >= 0.3 is 0 Å². The summed E-state index contributed by atoms with van der Waals surface area (Å²) in [5.74, 6) is 5.47. The number of carbonyl (C=O) groups is 1. The second-order valence-corrected chi connectivity index (χ2v) is 2.98. The first-order valence-electron chi connectivity index (χ1n) is 4.19. The number of amides is 1. The fourth-order valence-corrected chi connectivity index (χ4v) is 1.33. The summed E-state index contributed by atoms with van der Waals surface area (Å²) in [6.07, 6.45) is 0. The SMILES string of the molecule is CC(=O)N1CCN(C(N)=NN)CC1. The van der Waals surface area contributed by atoms with Crippen LogP contribution in [-0.2, 0) is 4.79 Å². The van der Waals surface area contributed by atoms with Crippen LogP contribution in [0.1, 0.15) is 6.92 Å². The Morgan fingerprint density at radius 1 is 1.23 bits per heavy atom. The van der Waals surface area contributed by atoms with E-state index in [-0.39, 0.29) is 5.91 Å². The van der Waals surface area contributed by atoms with Crippen LogP contribution in [0.15, 0.2) is 5.10 Å². The maximum absolute atomic E-state index is 11.0. The summed E-state index contributed by atoms with van der Waals surface area (Å²) < 4.78 is 0. The second kappa shape index (κ2) is 3.97. The Kier molecular flexibility index (Phi) is 2.94.